The topological polar surface area (TPSA) is 44.8 Å². The minimum Gasteiger partial charge on any atom is -0.501 e. The number of allylic oxidation sites excluding steroid dienone is 1. The van der Waals surface area contributed by atoms with Crippen LogP contribution in [0.25, 0.3) is 0 Å². The van der Waals surface area contributed by atoms with Crippen LogP contribution in [0.3, 0.4) is 0 Å². The van der Waals surface area contributed by atoms with Crippen LogP contribution in [0.1, 0.15) is 43.2 Å². The van der Waals surface area contributed by atoms with Gasteiger partial charge in [-0.1, -0.05) is 31.9 Å². The van der Waals surface area contributed by atoms with E-state index in [9.17, 15) is 4.79 Å². The molecular weight excluding hydrogens is 338 g/mol. The standard InChI is InChI=1S/C22H33N3O2/c1-17-9-10-21(16-19(17)15-18(2)27-3)24-11-13-25(14-12-24)22(26)23-20-7-5-4-6-8-20/h9-10,16,20H,2,4-8,11-15H2,1,3H3,(H,23,26). The third-order valence-electron chi connectivity index (χ3n) is 5.87. The quantitative estimate of drug-likeness (QED) is 0.800. The first-order valence-electron chi connectivity index (χ1n) is 10.2. The molecule has 1 saturated heterocycles. The molecular formula is C22H33N3O2. The fraction of sp³-hybridized carbons (Fsp3) is 0.591. The number of hydrogen-bond acceptors (Lipinski definition) is 3. The number of amides is 2. The average Bonchev–Trinajstić information content (AvgIpc) is 2.70. The van der Waals surface area contributed by atoms with Gasteiger partial charge in [-0.2, -0.15) is 0 Å². The number of rotatable bonds is 5. The molecule has 0 unspecified atom stereocenters. The Morgan fingerprint density at radius 1 is 1.19 bits per heavy atom. The Morgan fingerprint density at radius 3 is 2.56 bits per heavy atom. The van der Waals surface area contributed by atoms with Gasteiger partial charge in [-0.15, -0.1) is 0 Å². The zero-order chi connectivity index (χ0) is 19.2. The van der Waals surface area contributed by atoms with Crippen molar-refractivity contribution in [1.82, 2.24) is 10.2 Å². The summed E-state index contributed by atoms with van der Waals surface area (Å²) < 4.78 is 5.24. The lowest BCUT2D eigenvalue weighted by Gasteiger charge is -2.37. The predicted molar refractivity (Wildman–Crippen MR) is 110 cm³/mol. The van der Waals surface area contributed by atoms with Crippen LogP contribution in [-0.4, -0.2) is 50.3 Å². The molecule has 2 fully saturated rings. The highest BCUT2D eigenvalue weighted by Gasteiger charge is 2.24. The third kappa shape index (κ3) is 5.18. The molecule has 1 saturated carbocycles. The Bertz CT molecular complexity index is 660. The third-order valence-corrected chi connectivity index (χ3v) is 5.87. The van der Waals surface area contributed by atoms with Crippen LogP contribution < -0.4 is 10.2 Å². The maximum absolute atomic E-state index is 12.5. The lowest BCUT2D eigenvalue weighted by atomic mass is 9.96. The highest BCUT2D eigenvalue weighted by atomic mass is 16.5. The van der Waals surface area contributed by atoms with Crippen molar-refractivity contribution < 1.29 is 9.53 Å². The van der Waals surface area contributed by atoms with E-state index in [0.29, 0.717) is 6.04 Å². The van der Waals surface area contributed by atoms with Crippen molar-refractivity contribution >= 4 is 11.7 Å². The van der Waals surface area contributed by atoms with E-state index in [4.69, 9.17) is 4.74 Å². The second kappa shape index (κ2) is 9.16. The molecule has 1 aliphatic carbocycles. The van der Waals surface area contributed by atoms with Crippen LogP contribution >= 0.6 is 0 Å². The number of anilines is 1. The maximum atomic E-state index is 12.5. The van der Waals surface area contributed by atoms with Gasteiger partial charge in [0.25, 0.3) is 0 Å². The van der Waals surface area contributed by atoms with Crippen molar-refractivity contribution in [1.29, 1.82) is 0 Å². The number of piperazine rings is 1. The number of hydrogen-bond donors (Lipinski definition) is 1. The number of nitrogens with one attached hydrogen (secondary N) is 1. The van der Waals surface area contributed by atoms with Gasteiger partial charge in [0, 0.05) is 44.3 Å². The van der Waals surface area contributed by atoms with Gasteiger partial charge in [0.1, 0.15) is 0 Å². The highest BCUT2D eigenvalue weighted by molar-refractivity contribution is 5.75. The molecule has 0 bridgehead atoms. The predicted octanol–water partition coefficient (Wildman–Crippen LogP) is 3.86. The summed E-state index contributed by atoms with van der Waals surface area (Å²) in [5.41, 5.74) is 3.71. The SMILES string of the molecule is C=C(Cc1cc(N2CCN(C(=O)NC3CCCCC3)CC2)ccc1C)OC. The summed E-state index contributed by atoms with van der Waals surface area (Å²) in [6.07, 6.45) is 6.78. The van der Waals surface area contributed by atoms with Crippen molar-refractivity contribution in [3.63, 3.8) is 0 Å². The molecule has 3 rings (SSSR count). The molecule has 5 nitrogen and oxygen atoms in total. The summed E-state index contributed by atoms with van der Waals surface area (Å²) >= 11 is 0. The van der Waals surface area contributed by atoms with E-state index in [2.05, 4.69) is 41.9 Å². The summed E-state index contributed by atoms with van der Waals surface area (Å²) in [7, 11) is 1.67. The summed E-state index contributed by atoms with van der Waals surface area (Å²) in [6.45, 7) is 9.34. The smallest absolute Gasteiger partial charge is 0.317 e. The van der Waals surface area contributed by atoms with Gasteiger partial charge in [-0.25, -0.2) is 4.79 Å². The molecule has 148 valence electrons. The van der Waals surface area contributed by atoms with E-state index >= 15 is 0 Å². The van der Waals surface area contributed by atoms with Gasteiger partial charge in [-0.05, 0) is 43.0 Å². The Balaban J connectivity index is 1.54. The van der Waals surface area contributed by atoms with Gasteiger partial charge in [0.15, 0.2) is 0 Å². The molecule has 1 N–H and O–H groups in total. The molecule has 2 amide bonds. The van der Waals surface area contributed by atoms with Crippen LogP contribution in [0.5, 0.6) is 0 Å². The first-order chi connectivity index (χ1) is 13.1. The van der Waals surface area contributed by atoms with Gasteiger partial charge in [0.05, 0.1) is 12.9 Å². The van der Waals surface area contributed by atoms with Crippen LogP contribution in [0.15, 0.2) is 30.5 Å². The zero-order valence-corrected chi connectivity index (χ0v) is 16.8. The Hall–Kier alpha value is -2.17. The van der Waals surface area contributed by atoms with Crippen molar-refractivity contribution in [2.75, 3.05) is 38.2 Å². The molecule has 1 heterocycles. The van der Waals surface area contributed by atoms with Crippen molar-refractivity contribution in [2.24, 2.45) is 0 Å². The minimum absolute atomic E-state index is 0.113. The number of benzene rings is 1. The van der Waals surface area contributed by atoms with E-state index in [1.54, 1.807) is 7.11 Å². The van der Waals surface area contributed by atoms with Crippen molar-refractivity contribution in [2.45, 2.75) is 51.5 Å². The minimum atomic E-state index is 0.113. The highest BCUT2D eigenvalue weighted by Crippen LogP contribution is 2.23. The van der Waals surface area contributed by atoms with E-state index in [1.165, 1.54) is 36.1 Å². The Morgan fingerprint density at radius 2 is 1.89 bits per heavy atom. The molecule has 0 radical (unpaired) electrons. The average molecular weight is 372 g/mol. The van der Waals surface area contributed by atoms with Gasteiger partial charge in [-0.3, -0.25) is 0 Å². The van der Waals surface area contributed by atoms with Gasteiger partial charge >= 0.3 is 6.03 Å². The maximum Gasteiger partial charge on any atom is 0.317 e. The molecule has 5 heteroatoms. The number of carbonyl (C=O) groups is 1. The van der Waals surface area contributed by atoms with Crippen LogP contribution in [0.2, 0.25) is 0 Å². The second-order valence-electron chi connectivity index (χ2n) is 7.79. The Kier molecular flexibility index (Phi) is 6.64. The lowest BCUT2D eigenvalue weighted by molar-refractivity contribution is 0.186. The summed E-state index contributed by atoms with van der Waals surface area (Å²) in [4.78, 5) is 16.9. The Labute approximate surface area is 163 Å². The molecule has 2 aliphatic rings. The number of methoxy groups -OCH3 is 1. The lowest BCUT2D eigenvalue weighted by Crippen LogP contribution is -2.53. The second-order valence-corrected chi connectivity index (χ2v) is 7.79. The summed E-state index contributed by atoms with van der Waals surface area (Å²) in [5.74, 6) is 0.777. The monoisotopic (exact) mass is 371 g/mol. The zero-order valence-electron chi connectivity index (χ0n) is 16.8. The van der Waals surface area contributed by atoms with Gasteiger partial charge < -0.3 is 19.9 Å². The first kappa shape index (κ1) is 19.6. The summed E-state index contributed by atoms with van der Waals surface area (Å²) in [6, 6.07) is 7.06. The van der Waals surface area contributed by atoms with Crippen LogP contribution in [0.4, 0.5) is 10.5 Å². The van der Waals surface area contributed by atoms with Crippen LogP contribution in [-0.2, 0) is 11.2 Å². The number of nitrogens with zero attached hydrogens (tertiary/aromatic N) is 2. The van der Waals surface area contributed by atoms with Crippen LogP contribution in [0, 0.1) is 6.92 Å². The van der Waals surface area contributed by atoms with Crippen molar-refractivity contribution in [3.8, 4) is 0 Å². The number of aryl methyl sites for hydroxylation is 1. The first-order valence-corrected chi connectivity index (χ1v) is 10.2. The molecule has 0 aromatic heterocycles. The van der Waals surface area contributed by atoms with Gasteiger partial charge in [0.2, 0.25) is 0 Å². The summed E-state index contributed by atoms with van der Waals surface area (Å²) in [5, 5.41) is 3.23. The van der Waals surface area contributed by atoms with E-state index < -0.39 is 0 Å². The number of carbonyl (C=O) groups excluding carboxylic acids is 1. The number of ether oxygens (including phenoxy) is 1. The number of urea groups is 1. The molecule has 0 atom stereocenters. The molecule has 1 aliphatic heterocycles. The van der Waals surface area contributed by atoms with Crippen molar-refractivity contribution in [3.05, 3.63) is 41.7 Å². The fourth-order valence-corrected chi connectivity index (χ4v) is 4.01. The molecule has 1 aromatic rings. The van der Waals surface area contributed by atoms with E-state index in [0.717, 1.165) is 51.2 Å². The fourth-order valence-electron chi connectivity index (χ4n) is 4.01. The largest absolute Gasteiger partial charge is 0.501 e. The normalized spacial score (nSPS) is 18.3. The molecule has 1 aromatic carbocycles. The van der Waals surface area contributed by atoms with E-state index in [-0.39, 0.29) is 6.03 Å². The van der Waals surface area contributed by atoms with E-state index in [1.807, 2.05) is 4.90 Å². The molecule has 0 spiro atoms. The molecule has 27 heavy (non-hydrogen) atoms.